The molecule has 0 N–H and O–H groups in total. The van der Waals surface area contributed by atoms with Crippen molar-refractivity contribution in [3.63, 3.8) is 0 Å². The van der Waals surface area contributed by atoms with Crippen molar-refractivity contribution in [3.8, 4) is 0 Å². The summed E-state index contributed by atoms with van der Waals surface area (Å²) in [7, 11) is -2.96. The fourth-order valence-electron chi connectivity index (χ4n) is 3.08. The Morgan fingerprint density at radius 3 is 2.48 bits per heavy atom. The first-order chi connectivity index (χ1) is 10.9. The van der Waals surface area contributed by atoms with Gasteiger partial charge in [-0.3, -0.25) is 4.79 Å². The Balaban J connectivity index is 1.64. The zero-order valence-electron chi connectivity index (χ0n) is 13.6. The summed E-state index contributed by atoms with van der Waals surface area (Å²) < 4.78 is 23.4. The van der Waals surface area contributed by atoms with Crippen LogP contribution in [-0.4, -0.2) is 48.6 Å². The van der Waals surface area contributed by atoms with Gasteiger partial charge in [0.1, 0.15) is 0 Å². The van der Waals surface area contributed by atoms with E-state index in [1.807, 2.05) is 11.0 Å². The number of thioether (sulfide) groups is 1. The highest BCUT2D eigenvalue weighted by Gasteiger charge is 2.41. The summed E-state index contributed by atoms with van der Waals surface area (Å²) in [5.74, 6) is 0.829. The molecule has 0 spiro atoms. The van der Waals surface area contributed by atoms with Crippen molar-refractivity contribution in [2.24, 2.45) is 0 Å². The first-order valence-corrected chi connectivity index (χ1v) is 10.9. The number of sulfone groups is 1. The number of amides is 1. The third-order valence-corrected chi connectivity index (χ3v) is 7.40. The van der Waals surface area contributed by atoms with Crippen LogP contribution in [0.2, 0.25) is 0 Å². The Hall–Kier alpha value is -1.01. The van der Waals surface area contributed by atoms with E-state index in [-0.39, 0.29) is 29.5 Å². The topological polar surface area (TPSA) is 54.5 Å². The second-order valence-corrected chi connectivity index (χ2v) is 9.90. The van der Waals surface area contributed by atoms with Crippen LogP contribution >= 0.6 is 11.8 Å². The molecule has 1 saturated heterocycles. The van der Waals surface area contributed by atoms with Crippen LogP contribution in [0.3, 0.4) is 0 Å². The number of hydrogen-bond donors (Lipinski definition) is 0. The van der Waals surface area contributed by atoms with E-state index >= 15 is 0 Å². The molecule has 6 heteroatoms. The minimum Gasteiger partial charge on any atom is -0.335 e. The fraction of sp³-hybridized carbons (Fsp3) is 0.588. The predicted octanol–water partition coefficient (Wildman–Crippen LogP) is 2.57. The summed E-state index contributed by atoms with van der Waals surface area (Å²) in [6.45, 7) is 4.14. The van der Waals surface area contributed by atoms with Gasteiger partial charge < -0.3 is 4.90 Å². The summed E-state index contributed by atoms with van der Waals surface area (Å²) in [6.07, 6.45) is 2.62. The van der Waals surface area contributed by atoms with Gasteiger partial charge in [-0.1, -0.05) is 6.07 Å². The Bertz CT molecular complexity index is 711. The molecule has 3 rings (SSSR count). The molecule has 2 fully saturated rings. The van der Waals surface area contributed by atoms with Crippen LogP contribution in [0.25, 0.3) is 0 Å². The van der Waals surface area contributed by atoms with E-state index in [2.05, 4.69) is 26.0 Å². The molecule has 1 amide bonds. The fourth-order valence-corrected chi connectivity index (χ4v) is 5.65. The van der Waals surface area contributed by atoms with E-state index in [0.29, 0.717) is 12.2 Å². The number of carbonyl (C=O) groups is 1. The molecule has 0 bridgehead atoms. The number of hydrogen-bond acceptors (Lipinski definition) is 4. The van der Waals surface area contributed by atoms with Crippen LogP contribution in [0.4, 0.5) is 0 Å². The van der Waals surface area contributed by atoms with Crippen molar-refractivity contribution in [2.75, 3.05) is 17.3 Å². The predicted molar refractivity (Wildman–Crippen MR) is 93.6 cm³/mol. The van der Waals surface area contributed by atoms with Crippen LogP contribution < -0.4 is 0 Å². The molecule has 1 heterocycles. The molecule has 126 valence electrons. The van der Waals surface area contributed by atoms with E-state index in [1.165, 1.54) is 11.1 Å². The molecule has 0 radical (unpaired) electrons. The lowest BCUT2D eigenvalue weighted by Crippen LogP contribution is -2.43. The number of rotatable bonds is 5. The van der Waals surface area contributed by atoms with Gasteiger partial charge in [0.25, 0.3) is 0 Å². The third kappa shape index (κ3) is 4.10. The van der Waals surface area contributed by atoms with E-state index < -0.39 is 9.84 Å². The SMILES string of the molecule is Cc1ccc(SCC(=O)N(C2CC2)[C@H]2CCS(=O)(=O)C2)cc1C. The highest BCUT2D eigenvalue weighted by Crippen LogP contribution is 2.33. The standard InChI is InChI=1S/C17H23NO3S2/c1-12-3-6-16(9-13(12)2)22-10-17(19)18(14-4-5-14)15-7-8-23(20,21)11-15/h3,6,9,14-15H,4-5,7-8,10-11H2,1-2H3/t15-/m0/s1. The summed E-state index contributed by atoms with van der Waals surface area (Å²) >= 11 is 1.54. The number of nitrogens with zero attached hydrogens (tertiary/aromatic N) is 1. The lowest BCUT2D eigenvalue weighted by molar-refractivity contribution is -0.130. The van der Waals surface area contributed by atoms with Crippen LogP contribution in [-0.2, 0) is 14.6 Å². The number of carbonyl (C=O) groups excluding carboxylic acids is 1. The Morgan fingerprint density at radius 2 is 1.91 bits per heavy atom. The van der Waals surface area contributed by atoms with Crippen molar-refractivity contribution in [2.45, 2.75) is 50.1 Å². The van der Waals surface area contributed by atoms with Gasteiger partial charge in [0.15, 0.2) is 9.84 Å². The van der Waals surface area contributed by atoms with Gasteiger partial charge in [0, 0.05) is 17.0 Å². The Morgan fingerprint density at radius 1 is 1.17 bits per heavy atom. The van der Waals surface area contributed by atoms with Gasteiger partial charge >= 0.3 is 0 Å². The van der Waals surface area contributed by atoms with E-state index in [4.69, 9.17) is 0 Å². The summed E-state index contributed by atoms with van der Waals surface area (Å²) in [6, 6.07) is 6.38. The Labute approximate surface area is 142 Å². The molecular weight excluding hydrogens is 330 g/mol. The monoisotopic (exact) mass is 353 g/mol. The molecule has 0 unspecified atom stereocenters. The summed E-state index contributed by atoms with van der Waals surface area (Å²) in [5, 5.41) is 0. The molecule has 23 heavy (non-hydrogen) atoms. The van der Waals surface area contributed by atoms with Gasteiger partial charge in [-0.25, -0.2) is 8.42 Å². The molecule has 1 aliphatic carbocycles. The van der Waals surface area contributed by atoms with E-state index in [1.54, 1.807) is 11.8 Å². The van der Waals surface area contributed by atoms with Crippen molar-refractivity contribution < 1.29 is 13.2 Å². The zero-order valence-corrected chi connectivity index (χ0v) is 15.3. The molecular formula is C17H23NO3S2. The van der Waals surface area contributed by atoms with Gasteiger partial charge in [-0.15, -0.1) is 11.8 Å². The van der Waals surface area contributed by atoms with Crippen molar-refractivity contribution in [1.82, 2.24) is 4.90 Å². The highest BCUT2D eigenvalue weighted by molar-refractivity contribution is 8.00. The second kappa shape index (κ2) is 6.48. The first kappa shape index (κ1) is 16.8. The lowest BCUT2D eigenvalue weighted by atomic mass is 10.1. The quantitative estimate of drug-likeness (QED) is 0.764. The maximum Gasteiger partial charge on any atom is 0.233 e. The van der Waals surface area contributed by atoms with Crippen molar-refractivity contribution in [3.05, 3.63) is 29.3 Å². The minimum absolute atomic E-state index is 0.0813. The summed E-state index contributed by atoms with van der Waals surface area (Å²) in [4.78, 5) is 15.6. The van der Waals surface area contributed by atoms with Gasteiger partial charge in [0.05, 0.1) is 17.3 Å². The molecule has 1 atom stereocenters. The maximum atomic E-state index is 12.7. The summed E-state index contributed by atoms with van der Waals surface area (Å²) in [5.41, 5.74) is 2.47. The highest BCUT2D eigenvalue weighted by atomic mass is 32.2. The maximum absolute atomic E-state index is 12.7. The van der Waals surface area contributed by atoms with Gasteiger partial charge in [-0.05, 0) is 56.4 Å². The number of aryl methyl sites for hydroxylation is 2. The Kier molecular flexibility index (Phi) is 4.74. The molecule has 1 aliphatic heterocycles. The first-order valence-electron chi connectivity index (χ1n) is 8.07. The van der Waals surface area contributed by atoms with Crippen LogP contribution in [0.1, 0.15) is 30.4 Å². The van der Waals surface area contributed by atoms with Crippen LogP contribution in [0.15, 0.2) is 23.1 Å². The van der Waals surface area contributed by atoms with Crippen LogP contribution in [0, 0.1) is 13.8 Å². The average molecular weight is 354 g/mol. The average Bonchev–Trinajstić information content (AvgIpc) is 3.24. The lowest BCUT2D eigenvalue weighted by Gasteiger charge is -2.28. The molecule has 1 saturated carbocycles. The second-order valence-electron chi connectivity index (χ2n) is 6.62. The van der Waals surface area contributed by atoms with Crippen molar-refractivity contribution >= 4 is 27.5 Å². The van der Waals surface area contributed by atoms with Crippen molar-refractivity contribution in [1.29, 1.82) is 0 Å². The molecule has 1 aromatic rings. The van der Waals surface area contributed by atoms with Crippen LogP contribution in [0.5, 0.6) is 0 Å². The van der Waals surface area contributed by atoms with Gasteiger partial charge in [0.2, 0.25) is 5.91 Å². The smallest absolute Gasteiger partial charge is 0.233 e. The normalized spacial score (nSPS) is 23.0. The molecule has 2 aliphatic rings. The van der Waals surface area contributed by atoms with Gasteiger partial charge in [-0.2, -0.15) is 0 Å². The largest absolute Gasteiger partial charge is 0.335 e. The zero-order chi connectivity index (χ0) is 16.6. The molecule has 1 aromatic carbocycles. The van der Waals surface area contributed by atoms with E-state index in [9.17, 15) is 13.2 Å². The molecule has 4 nitrogen and oxygen atoms in total. The minimum atomic E-state index is -2.96. The third-order valence-electron chi connectivity index (χ3n) is 4.67. The molecule has 0 aromatic heterocycles. The number of benzene rings is 1. The van der Waals surface area contributed by atoms with E-state index in [0.717, 1.165) is 17.7 Å².